The van der Waals surface area contributed by atoms with Gasteiger partial charge in [-0.1, -0.05) is 18.5 Å². The highest BCUT2D eigenvalue weighted by Crippen LogP contribution is 2.27. The third-order valence-corrected chi connectivity index (χ3v) is 2.86. The zero-order chi connectivity index (χ0) is 9.42. The number of halogens is 1. The maximum atomic E-state index is 11.7. The van der Waals surface area contributed by atoms with Crippen LogP contribution >= 0.6 is 11.6 Å². The average molecular weight is 195 g/mol. The summed E-state index contributed by atoms with van der Waals surface area (Å²) in [5.74, 6) is 0.437. The molecule has 2 heteroatoms. The summed E-state index contributed by atoms with van der Waals surface area (Å²) in [7, 11) is 0. The van der Waals surface area contributed by atoms with Crippen LogP contribution in [0.3, 0.4) is 0 Å². The van der Waals surface area contributed by atoms with Gasteiger partial charge in [-0.15, -0.1) is 0 Å². The van der Waals surface area contributed by atoms with Crippen molar-refractivity contribution >= 4 is 17.4 Å². The molecule has 1 nitrogen and oxygen atoms in total. The zero-order valence-corrected chi connectivity index (χ0v) is 8.27. The second kappa shape index (κ2) is 3.15. The van der Waals surface area contributed by atoms with Gasteiger partial charge in [0.05, 0.1) is 0 Å². The number of carbonyl (C=O) groups excluding carboxylic acids is 1. The molecule has 0 spiro atoms. The lowest BCUT2D eigenvalue weighted by Crippen LogP contribution is -2.19. The monoisotopic (exact) mass is 194 g/mol. The Balaban J connectivity index is 2.50. The van der Waals surface area contributed by atoms with Crippen LogP contribution in [0.5, 0.6) is 0 Å². The molecular weight excluding hydrogens is 184 g/mol. The zero-order valence-electron chi connectivity index (χ0n) is 7.51. The van der Waals surface area contributed by atoms with E-state index in [1.54, 1.807) is 6.07 Å². The van der Waals surface area contributed by atoms with Crippen molar-refractivity contribution < 1.29 is 4.79 Å². The fourth-order valence-corrected chi connectivity index (χ4v) is 1.97. The van der Waals surface area contributed by atoms with Gasteiger partial charge in [-0.3, -0.25) is 4.79 Å². The Morgan fingerprint density at radius 1 is 1.46 bits per heavy atom. The molecule has 0 radical (unpaired) electrons. The number of aryl methyl sites for hydroxylation is 1. The predicted octanol–water partition coefficient (Wildman–Crippen LogP) is 3.11. The van der Waals surface area contributed by atoms with Crippen molar-refractivity contribution in [2.75, 3.05) is 0 Å². The van der Waals surface area contributed by atoms with Crippen LogP contribution in [0.4, 0.5) is 0 Å². The number of carbonyl (C=O) groups is 1. The molecule has 0 heterocycles. The summed E-state index contributed by atoms with van der Waals surface area (Å²) < 4.78 is 0. The van der Waals surface area contributed by atoms with Gasteiger partial charge >= 0.3 is 0 Å². The van der Waals surface area contributed by atoms with E-state index in [-0.39, 0.29) is 11.7 Å². The maximum absolute atomic E-state index is 11.7. The third kappa shape index (κ3) is 1.49. The predicted molar refractivity (Wildman–Crippen MR) is 53.3 cm³/mol. The van der Waals surface area contributed by atoms with E-state index in [2.05, 4.69) is 0 Å². The van der Waals surface area contributed by atoms with Gasteiger partial charge < -0.3 is 0 Å². The van der Waals surface area contributed by atoms with Crippen molar-refractivity contribution in [2.45, 2.75) is 19.8 Å². The standard InChI is InChI=1S/C11H11ClO/c1-7-2-3-8-6-9(12)4-5-10(8)11(7)13/h4-7H,2-3H2,1H3/t7-/m0/s1. The molecule has 68 valence electrons. The first-order valence-electron chi connectivity index (χ1n) is 4.51. The molecule has 2 rings (SSSR count). The molecule has 0 aromatic heterocycles. The number of rotatable bonds is 0. The molecule has 0 saturated carbocycles. The highest BCUT2D eigenvalue weighted by Gasteiger charge is 2.23. The molecule has 1 aromatic carbocycles. The van der Waals surface area contributed by atoms with E-state index in [4.69, 9.17) is 11.6 Å². The van der Waals surface area contributed by atoms with Gasteiger partial charge in [-0.2, -0.15) is 0 Å². The van der Waals surface area contributed by atoms with Gasteiger partial charge in [0.15, 0.2) is 5.78 Å². The molecule has 1 aliphatic carbocycles. The van der Waals surface area contributed by atoms with Gasteiger partial charge in [0.2, 0.25) is 0 Å². The van der Waals surface area contributed by atoms with E-state index in [0.717, 1.165) is 29.0 Å². The van der Waals surface area contributed by atoms with E-state index >= 15 is 0 Å². The van der Waals surface area contributed by atoms with Crippen molar-refractivity contribution in [1.29, 1.82) is 0 Å². The highest BCUT2D eigenvalue weighted by molar-refractivity contribution is 6.30. The van der Waals surface area contributed by atoms with Crippen LogP contribution in [-0.2, 0) is 6.42 Å². The summed E-state index contributed by atoms with van der Waals surface area (Å²) in [6.07, 6.45) is 1.93. The lowest BCUT2D eigenvalue weighted by molar-refractivity contribution is 0.0913. The normalized spacial score (nSPS) is 21.4. The van der Waals surface area contributed by atoms with Crippen LogP contribution in [-0.4, -0.2) is 5.78 Å². The molecule has 0 saturated heterocycles. The number of benzene rings is 1. The van der Waals surface area contributed by atoms with Crippen LogP contribution in [0.2, 0.25) is 5.02 Å². The highest BCUT2D eigenvalue weighted by atomic mass is 35.5. The Bertz CT molecular complexity index is 357. The van der Waals surface area contributed by atoms with Crippen LogP contribution in [0.15, 0.2) is 18.2 Å². The number of fused-ring (bicyclic) bond motifs is 1. The van der Waals surface area contributed by atoms with E-state index in [1.165, 1.54) is 0 Å². The molecule has 0 aliphatic heterocycles. The first-order valence-corrected chi connectivity index (χ1v) is 4.89. The topological polar surface area (TPSA) is 17.1 Å². The van der Waals surface area contributed by atoms with Crippen molar-refractivity contribution in [2.24, 2.45) is 5.92 Å². The SMILES string of the molecule is C[C@H]1CCc2cc(Cl)ccc2C1=O. The summed E-state index contributed by atoms with van der Waals surface area (Å²) in [4.78, 5) is 11.7. The van der Waals surface area contributed by atoms with Gasteiger partial charge in [0.25, 0.3) is 0 Å². The Morgan fingerprint density at radius 3 is 3.00 bits per heavy atom. The summed E-state index contributed by atoms with van der Waals surface area (Å²) >= 11 is 5.85. The number of ketones is 1. The maximum Gasteiger partial charge on any atom is 0.165 e. The third-order valence-electron chi connectivity index (χ3n) is 2.63. The largest absolute Gasteiger partial charge is 0.294 e. The second-order valence-electron chi connectivity index (χ2n) is 3.61. The molecule has 1 aliphatic rings. The fourth-order valence-electron chi connectivity index (χ4n) is 1.78. The number of hydrogen-bond donors (Lipinski definition) is 0. The molecule has 1 atom stereocenters. The Kier molecular flexibility index (Phi) is 2.12. The van der Waals surface area contributed by atoms with E-state index in [9.17, 15) is 4.79 Å². The van der Waals surface area contributed by atoms with Crippen molar-refractivity contribution in [3.63, 3.8) is 0 Å². The summed E-state index contributed by atoms with van der Waals surface area (Å²) in [6, 6.07) is 5.53. The minimum atomic E-state index is 0.175. The van der Waals surface area contributed by atoms with E-state index in [1.807, 2.05) is 19.1 Å². The summed E-state index contributed by atoms with van der Waals surface area (Å²) in [5.41, 5.74) is 1.97. The van der Waals surface area contributed by atoms with Crippen molar-refractivity contribution in [1.82, 2.24) is 0 Å². The molecule has 0 bridgehead atoms. The first-order chi connectivity index (χ1) is 6.18. The molecule has 0 unspecified atom stereocenters. The second-order valence-corrected chi connectivity index (χ2v) is 4.04. The molecular formula is C11H11ClO. The lowest BCUT2D eigenvalue weighted by Gasteiger charge is -2.19. The van der Waals surface area contributed by atoms with Crippen LogP contribution in [0.1, 0.15) is 29.3 Å². The molecule has 0 fully saturated rings. The summed E-state index contributed by atoms with van der Waals surface area (Å²) in [5, 5.41) is 0.723. The smallest absolute Gasteiger partial charge is 0.165 e. The van der Waals surface area contributed by atoms with Crippen LogP contribution in [0.25, 0.3) is 0 Å². The number of hydrogen-bond acceptors (Lipinski definition) is 1. The molecule has 0 amide bonds. The number of Topliss-reactive ketones (excluding diaryl/α,β-unsaturated/α-hetero) is 1. The van der Waals surface area contributed by atoms with Crippen LogP contribution < -0.4 is 0 Å². The van der Waals surface area contributed by atoms with Crippen molar-refractivity contribution in [3.8, 4) is 0 Å². The van der Waals surface area contributed by atoms with Gasteiger partial charge in [-0.05, 0) is 36.6 Å². The van der Waals surface area contributed by atoms with E-state index < -0.39 is 0 Å². The van der Waals surface area contributed by atoms with E-state index in [0.29, 0.717) is 0 Å². The lowest BCUT2D eigenvalue weighted by atomic mass is 9.84. The van der Waals surface area contributed by atoms with Gasteiger partial charge in [-0.25, -0.2) is 0 Å². The molecule has 13 heavy (non-hydrogen) atoms. The van der Waals surface area contributed by atoms with Gasteiger partial charge in [0, 0.05) is 16.5 Å². The minimum Gasteiger partial charge on any atom is -0.294 e. The molecule has 1 aromatic rings. The first kappa shape index (κ1) is 8.76. The Hall–Kier alpha value is -0.820. The average Bonchev–Trinajstić information content (AvgIpc) is 2.12. The summed E-state index contributed by atoms with van der Waals surface area (Å²) in [6.45, 7) is 1.99. The molecule has 0 N–H and O–H groups in total. The minimum absolute atomic E-state index is 0.175. The van der Waals surface area contributed by atoms with Crippen LogP contribution in [0, 0.1) is 5.92 Å². The van der Waals surface area contributed by atoms with Crippen molar-refractivity contribution in [3.05, 3.63) is 34.3 Å². The Morgan fingerprint density at radius 2 is 2.23 bits per heavy atom. The quantitative estimate of drug-likeness (QED) is 0.620. The van der Waals surface area contributed by atoms with Gasteiger partial charge in [0.1, 0.15) is 0 Å². The Labute approximate surface area is 82.7 Å². The fraction of sp³-hybridized carbons (Fsp3) is 0.364.